The van der Waals surface area contributed by atoms with Crippen molar-refractivity contribution in [1.29, 1.82) is 0 Å². The van der Waals surface area contributed by atoms with Crippen LogP contribution in [0.25, 0.3) is 11.0 Å². The lowest BCUT2D eigenvalue weighted by Gasteiger charge is -2.20. The number of fused-ring (bicyclic) bond motifs is 1. The van der Waals surface area contributed by atoms with Gasteiger partial charge in [0.25, 0.3) is 5.91 Å². The number of hydrogen-bond donors (Lipinski definition) is 1. The summed E-state index contributed by atoms with van der Waals surface area (Å²) in [5, 5.41) is 8.45. The molecule has 1 aromatic carbocycles. The number of carbonyl (C=O) groups excluding carboxylic acids is 1. The Morgan fingerprint density at radius 2 is 1.64 bits per heavy atom. The first-order valence-electron chi connectivity index (χ1n) is 9.99. The molecule has 2 heterocycles. The zero-order valence-electron chi connectivity index (χ0n) is 17.9. The summed E-state index contributed by atoms with van der Waals surface area (Å²) >= 11 is 0. The Balaban J connectivity index is 2.10. The van der Waals surface area contributed by atoms with Gasteiger partial charge in [-0.1, -0.05) is 45.9 Å². The summed E-state index contributed by atoms with van der Waals surface area (Å²) in [6, 6.07) is 8.28. The van der Waals surface area contributed by atoms with Crippen LogP contribution in [0, 0.1) is 6.92 Å². The predicted molar refractivity (Wildman–Crippen MR) is 115 cm³/mol. The van der Waals surface area contributed by atoms with Crippen molar-refractivity contribution in [2.75, 3.05) is 5.32 Å². The molecule has 0 atom stereocenters. The quantitative estimate of drug-likeness (QED) is 0.608. The number of rotatable bonds is 5. The molecular formula is C23H30N4O. The second kappa shape index (κ2) is 7.74. The average Bonchev–Trinajstić information content (AvgIpc) is 3.04. The summed E-state index contributed by atoms with van der Waals surface area (Å²) in [6.07, 6.45) is 1.74. The van der Waals surface area contributed by atoms with Crippen LogP contribution in [0.15, 0.2) is 30.5 Å². The van der Waals surface area contributed by atoms with E-state index in [-0.39, 0.29) is 11.9 Å². The Morgan fingerprint density at radius 1 is 1.04 bits per heavy atom. The van der Waals surface area contributed by atoms with E-state index in [9.17, 15) is 4.79 Å². The third-order valence-electron chi connectivity index (χ3n) is 5.04. The summed E-state index contributed by atoms with van der Waals surface area (Å²) in [5.74, 6) is 0.516. The molecule has 28 heavy (non-hydrogen) atoms. The van der Waals surface area contributed by atoms with Crippen LogP contribution in [-0.2, 0) is 0 Å². The summed E-state index contributed by atoms with van der Waals surface area (Å²) in [5.41, 5.74) is 5.40. The number of benzene rings is 1. The first-order valence-corrected chi connectivity index (χ1v) is 9.99. The smallest absolute Gasteiger partial charge is 0.256 e. The molecule has 0 saturated carbocycles. The van der Waals surface area contributed by atoms with Gasteiger partial charge in [-0.2, -0.15) is 5.10 Å². The molecule has 2 aromatic heterocycles. The maximum absolute atomic E-state index is 13.3. The number of nitrogens with zero attached hydrogens (tertiary/aromatic N) is 3. The largest absolute Gasteiger partial charge is 0.321 e. The van der Waals surface area contributed by atoms with Gasteiger partial charge in [-0.3, -0.25) is 4.79 Å². The monoisotopic (exact) mass is 378 g/mol. The third-order valence-corrected chi connectivity index (χ3v) is 5.04. The standard InChI is InChI=1S/C23H30N4O/c1-13(2)17-9-8-10-18(14(3)4)21(17)26-23(28)19-11-16(7)25-22-20(19)12-24-27(22)15(5)6/h8-15H,1-7H3,(H,26,28). The first-order chi connectivity index (χ1) is 13.2. The van der Waals surface area contributed by atoms with Gasteiger partial charge < -0.3 is 5.32 Å². The van der Waals surface area contributed by atoms with Crippen molar-refractivity contribution >= 4 is 22.6 Å². The number of hydrogen-bond acceptors (Lipinski definition) is 3. The molecule has 0 aliphatic carbocycles. The van der Waals surface area contributed by atoms with Gasteiger partial charge in [0.05, 0.1) is 17.1 Å². The van der Waals surface area contributed by atoms with E-state index in [2.05, 4.69) is 75.1 Å². The summed E-state index contributed by atoms with van der Waals surface area (Å²) < 4.78 is 1.86. The Labute approximate surface area is 167 Å². The van der Waals surface area contributed by atoms with Crippen LogP contribution in [0.4, 0.5) is 5.69 Å². The zero-order valence-corrected chi connectivity index (χ0v) is 17.9. The Bertz CT molecular complexity index is 989. The van der Waals surface area contributed by atoms with Gasteiger partial charge in [-0.15, -0.1) is 0 Å². The molecule has 0 aliphatic heterocycles. The lowest BCUT2D eigenvalue weighted by Crippen LogP contribution is -2.17. The molecule has 1 amide bonds. The predicted octanol–water partition coefficient (Wildman–Crippen LogP) is 5.82. The minimum absolute atomic E-state index is 0.117. The van der Waals surface area contributed by atoms with Crippen LogP contribution >= 0.6 is 0 Å². The molecule has 3 aromatic rings. The van der Waals surface area contributed by atoms with E-state index in [0.717, 1.165) is 33.5 Å². The van der Waals surface area contributed by atoms with Gasteiger partial charge in [0, 0.05) is 17.4 Å². The lowest BCUT2D eigenvalue weighted by atomic mass is 9.92. The fourth-order valence-corrected chi connectivity index (χ4v) is 3.59. The maximum Gasteiger partial charge on any atom is 0.256 e. The van der Waals surface area contributed by atoms with Crippen LogP contribution in [0.1, 0.15) is 86.6 Å². The van der Waals surface area contributed by atoms with Crippen LogP contribution in [-0.4, -0.2) is 20.7 Å². The number of amides is 1. The van der Waals surface area contributed by atoms with Crippen molar-refractivity contribution in [3.8, 4) is 0 Å². The van der Waals surface area contributed by atoms with E-state index >= 15 is 0 Å². The van der Waals surface area contributed by atoms with Gasteiger partial charge in [0.2, 0.25) is 0 Å². The van der Waals surface area contributed by atoms with Crippen molar-refractivity contribution in [2.24, 2.45) is 0 Å². The van der Waals surface area contributed by atoms with Gasteiger partial charge in [0.15, 0.2) is 5.65 Å². The van der Waals surface area contributed by atoms with Gasteiger partial charge in [-0.25, -0.2) is 9.67 Å². The van der Waals surface area contributed by atoms with E-state index in [1.807, 2.05) is 17.7 Å². The molecule has 1 N–H and O–H groups in total. The molecule has 3 rings (SSSR count). The van der Waals surface area contributed by atoms with E-state index in [4.69, 9.17) is 0 Å². The normalized spacial score (nSPS) is 11.8. The van der Waals surface area contributed by atoms with Crippen molar-refractivity contribution in [1.82, 2.24) is 14.8 Å². The number of carbonyl (C=O) groups is 1. The molecule has 5 nitrogen and oxygen atoms in total. The average molecular weight is 379 g/mol. The number of para-hydroxylation sites is 1. The van der Waals surface area contributed by atoms with Crippen LogP contribution in [0.2, 0.25) is 0 Å². The summed E-state index contributed by atoms with van der Waals surface area (Å²) in [6.45, 7) is 14.6. The highest BCUT2D eigenvalue weighted by Gasteiger charge is 2.20. The van der Waals surface area contributed by atoms with E-state index in [1.54, 1.807) is 6.20 Å². The molecular weight excluding hydrogens is 348 g/mol. The SMILES string of the molecule is Cc1cc(C(=O)Nc2c(C(C)C)cccc2C(C)C)c2cnn(C(C)C)c2n1. The van der Waals surface area contributed by atoms with Crippen LogP contribution < -0.4 is 5.32 Å². The van der Waals surface area contributed by atoms with Gasteiger partial charge in [0.1, 0.15) is 0 Å². The minimum Gasteiger partial charge on any atom is -0.321 e. The fraction of sp³-hybridized carbons (Fsp3) is 0.435. The number of pyridine rings is 1. The second-order valence-electron chi connectivity index (χ2n) is 8.31. The molecule has 0 spiro atoms. The van der Waals surface area contributed by atoms with Crippen LogP contribution in [0.3, 0.4) is 0 Å². The number of aryl methyl sites for hydroxylation is 1. The van der Waals surface area contributed by atoms with Gasteiger partial charge >= 0.3 is 0 Å². The molecule has 0 saturated heterocycles. The molecule has 0 fully saturated rings. The van der Waals surface area contributed by atoms with Crippen molar-refractivity contribution < 1.29 is 4.79 Å². The zero-order chi connectivity index (χ0) is 20.6. The Morgan fingerprint density at radius 3 is 2.18 bits per heavy atom. The molecule has 0 bridgehead atoms. The lowest BCUT2D eigenvalue weighted by molar-refractivity contribution is 0.102. The number of anilines is 1. The van der Waals surface area contributed by atoms with Crippen molar-refractivity contribution in [2.45, 2.75) is 66.3 Å². The Kier molecular flexibility index (Phi) is 5.54. The Hall–Kier alpha value is -2.69. The summed E-state index contributed by atoms with van der Waals surface area (Å²) in [7, 11) is 0. The van der Waals surface area contributed by atoms with Gasteiger partial charge in [-0.05, 0) is 49.8 Å². The number of nitrogens with one attached hydrogen (secondary N) is 1. The minimum atomic E-state index is -0.117. The topological polar surface area (TPSA) is 59.8 Å². The van der Waals surface area contributed by atoms with E-state index in [1.165, 1.54) is 0 Å². The molecule has 0 aliphatic rings. The highest BCUT2D eigenvalue weighted by atomic mass is 16.1. The maximum atomic E-state index is 13.3. The molecule has 0 radical (unpaired) electrons. The number of aromatic nitrogens is 3. The molecule has 5 heteroatoms. The third kappa shape index (κ3) is 3.66. The van der Waals surface area contributed by atoms with Crippen LogP contribution in [0.5, 0.6) is 0 Å². The second-order valence-corrected chi connectivity index (χ2v) is 8.31. The van der Waals surface area contributed by atoms with Crippen molar-refractivity contribution in [3.63, 3.8) is 0 Å². The molecule has 0 unspecified atom stereocenters. The fourth-order valence-electron chi connectivity index (χ4n) is 3.59. The highest BCUT2D eigenvalue weighted by Crippen LogP contribution is 2.33. The first kappa shape index (κ1) is 20.1. The van der Waals surface area contributed by atoms with E-state index in [0.29, 0.717) is 17.4 Å². The summed E-state index contributed by atoms with van der Waals surface area (Å²) in [4.78, 5) is 18.0. The highest BCUT2D eigenvalue weighted by molar-refractivity contribution is 6.12. The van der Waals surface area contributed by atoms with Crippen molar-refractivity contribution in [3.05, 3.63) is 52.8 Å². The van der Waals surface area contributed by atoms with E-state index < -0.39 is 0 Å². The molecule has 148 valence electrons.